The summed E-state index contributed by atoms with van der Waals surface area (Å²) in [5.74, 6) is -2.59. The summed E-state index contributed by atoms with van der Waals surface area (Å²) in [6, 6.07) is 4.53. The molecule has 0 aliphatic carbocycles. The monoisotopic (exact) mass is 383 g/mol. The van der Waals surface area contributed by atoms with Crippen molar-refractivity contribution in [1.82, 2.24) is 5.32 Å². The number of carbonyl (C=O) groups is 2. The highest BCUT2D eigenvalue weighted by Crippen LogP contribution is 2.24. The van der Waals surface area contributed by atoms with Crippen molar-refractivity contribution in [2.45, 2.75) is 51.7 Å². The molecule has 0 unspecified atom stereocenters. The number of carboxylic acids is 2. The molecule has 1 aromatic carbocycles. The Kier molecular flexibility index (Phi) is 12.3. The lowest BCUT2D eigenvalue weighted by Gasteiger charge is -2.17. The van der Waals surface area contributed by atoms with Gasteiger partial charge in [-0.3, -0.25) is 0 Å². The Balaban J connectivity index is 0.000000713. The fraction of sp³-hybridized carbons (Fsp3) is 0.474. The molecule has 0 aliphatic rings. The second-order valence-electron chi connectivity index (χ2n) is 6.11. The molecule has 152 valence electrons. The first-order valence-electron chi connectivity index (χ1n) is 8.74. The molecule has 6 N–H and O–H groups in total. The predicted octanol–water partition coefficient (Wildman–Crippen LogP) is 2.40. The maximum atomic E-state index is 10.0. The van der Waals surface area contributed by atoms with Crippen LogP contribution in [-0.2, 0) is 9.59 Å². The Labute approximate surface area is 158 Å². The summed E-state index contributed by atoms with van der Waals surface area (Å²) in [7, 11) is 0. The first-order chi connectivity index (χ1) is 12.6. The molecule has 1 rings (SSSR count). The van der Waals surface area contributed by atoms with Crippen LogP contribution in [0.4, 0.5) is 0 Å². The number of aliphatic carboxylic acids is 2. The van der Waals surface area contributed by atoms with Gasteiger partial charge in [0.2, 0.25) is 0 Å². The van der Waals surface area contributed by atoms with Gasteiger partial charge in [-0.2, -0.15) is 0 Å². The van der Waals surface area contributed by atoms with Gasteiger partial charge in [-0.05, 0) is 31.0 Å². The zero-order chi connectivity index (χ0) is 20.8. The number of carboxylic acid groups (broad SMARTS) is 2. The Morgan fingerprint density at radius 1 is 1.04 bits per heavy atom. The van der Waals surface area contributed by atoms with E-state index in [4.69, 9.17) is 10.2 Å². The number of aliphatic hydroxyl groups is 1. The number of hydrogen-bond donors (Lipinski definition) is 6. The predicted molar refractivity (Wildman–Crippen MR) is 101 cm³/mol. The molecular weight excluding hydrogens is 354 g/mol. The summed E-state index contributed by atoms with van der Waals surface area (Å²) in [6.45, 7) is 4.69. The minimum Gasteiger partial charge on any atom is -0.508 e. The second-order valence-corrected chi connectivity index (χ2v) is 6.11. The molecule has 8 heteroatoms. The maximum absolute atomic E-state index is 10.0. The Bertz CT molecular complexity index is 580. The van der Waals surface area contributed by atoms with Crippen LogP contribution in [0.3, 0.4) is 0 Å². The van der Waals surface area contributed by atoms with Crippen LogP contribution in [0.25, 0.3) is 0 Å². The molecule has 0 aliphatic heterocycles. The fourth-order valence-corrected chi connectivity index (χ4v) is 2.19. The first-order valence-corrected chi connectivity index (χ1v) is 8.74. The van der Waals surface area contributed by atoms with Crippen LogP contribution in [-0.4, -0.2) is 50.1 Å². The highest BCUT2D eigenvalue weighted by Gasteiger charge is 2.11. The quantitative estimate of drug-likeness (QED) is 0.267. The van der Waals surface area contributed by atoms with E-state index in [2.05, 4.69) is 19.2 Å². The standard InChI is InChI=1S/C15H25NO3.C4H4O4/c1-3-4-5-6-11(2)16-10-15(19)12-7-13(17)9-14(18)8-12;5-3(6)1-2-4(7)8/h7-9,11,15-19H,3-6,10H2,1-2H3;1-2H,(H,5,6)(H,7,8)/t11-,15+;/m0./s1. The van der Waals surface area contributed by atoms with E-state index in [1.54, 1.807) is 0 Å². The van der Waals surface area contributed by atoms with Gasteiger partial charge in [-0.1, -0.05) is 26.2 Å². The van der Waals surface area contributed by atoms with E-state index in [-0.39, 0.29) is 11.5 Å². The van der Waals surface area contributed by atoms with Gasteiger partial charge >= 0.3 is 11.9 Å². The molecular formula is C19H29NO7. The molecule has 0 aromatic heterocycles. The number of phenols is 2. The summed E-state index contributed by atoms with van der Waals surface area (Å²) in [4.78, 5) is 19.1. The van der Waals surface area contributed by atoms with Gasteiger partial charge in [0.1, 0.15) is 11.5 Å². The van der Waals surface area contributed by atoms with Crippen molar-refractivity contribution in [3.05, 3.63) is 35.9 Å². The van der Waals surface area contributed by atoms with Gasteiger partial charge in [-0.15, -0.1) is 0 Å². The summed E-state index contributed by atoms with van der Waals surface area (Å²) in [6.07, 6.45) is 5.10. The third kappa shape index (κ3) is 13.3. The molecule has 0 saturated carbocycles. The zero-order valence-corrected chi connectivity index (χ0v) is 15.6. The minimum atomic E-state index is -1.26. The lowest BCUT2D eigenvalue weighted by Crippen LogP contribution is -2.30. The van der Waals surface area contributed by atoms with E-state index in [1.165, 1.54) is 37.5 Å². The minimum absolute atomic E-state index is 0.0370. The maximum Gasteiger partial charge on any atom is 0.328 e. The van der Waals surface area contributed by atoms with E-state index < -0.39 is 18.0 Å². The van der Waals surface area contributed by atoms with E-state index in [0.29, 0.717) is 30.3 Å². The Hall–Kier alpha value is -2.58. The number of aliphatic hydroxyl groups excluding tert-OH is 1. The number of rotatable bonds is 10. The summed E-state index contributed by atoms with van der Waals surface area (Å²) in [5.41, 5.74) is 0.519. The lowest BCUT2D eigenvalue weighted by atomic mass is 10.1. The molecule has 1 aromatic rings. The van der Waals surface area contributed by atoms with E-state index in [1.807, 2.05) is 0 Å². The third-order valence-corrected chi connectivity index (χ3v) is 3.58. The average Bonchev–Trinajstić information content (AvgIpc) is 2.58. The van der Waals surface area contributed by atoms with Gasteiger partial charge in [0.25, 0.3) is 0 Å². The van der Waals surface area contributed by atoms with Crippen molar-refractivity contribution in [2.24, 2.45) is 0 Å². The van der Waals surface area contributed by atoms with Crippen molar-refractivity contribution in [2.75, 3.05) is 6.54 Å². The van der Waals surface area contributed by atoms with Crippen LogP contribution >= 0.6 is 0 Å². The van der Waals surface area contributed by atoms with Gasteiger partial charge in [0.15, 0.2) is 0 Å². The van der Waals surface area contributed by atoms with Gasteiger partial charge in [0.05, 0.1) is 6.10 Å². The van der Waals surface area contributed by atoms with E-state index in [0.717, 1.165) is 6.42 Å². The summed E-state index contributed by atoms with van der Waals surface area (Å²) < 4.78 is 0. The molecule has 2 atom stereocenters. The van der Waals surface area contributed by atoms with Crippen LogP contribution in [0, 0.1) is 0 Å². The lowest BCUT2D eigenvalue weighted by molar-refractivity contribution is -0.134. The molecule has 0 bridgehead atoms. The number of aromatic hydroxyl groups is 2. The normalized spacial score (nSPS) is 12.9. The Morgan fingerprint density at radius 3 is 2.00 bits per heavy atom. The van der Waals surface area contributed by atoms with Gasteiger partial charge in [0, 0.05) is 30.8 Å². The largest absolute Gasteiger partial charge is 0.508 e. The molecule has 0 saturated heterocycles. The Morgan fingerprint density at radius 2 is 1.56 bits per heavy atom. The molecule has 0 radical (unpaired) electrons. The molecule has 0 heterocycles. The van der Waals surface area contributed by atoms with Crippen molar-refractivity contribution in [3.63, 3.8) is 0 Å². The first kappa shape index (κ1) is 24.4. The number of unbranched alkanes of at least 4 members (excludes halogenated alkanes) is 2. The molecule has 8 nitrogen and oxygen atoms in total. The van der Waals surface area contributed by atoms with Crippen molar-refractivity contribution in [1.29, 1.82) is 0 Å². The average molecular weight is 383 g/mol. The van der Waals surface area contributed by atoms with Crippen LogP contribution < -0.4 is 5.32 Å². The van der Waals surface area contributed by atoms with Crippen molar-refractivity contribution < 1.29 is 35.1 Å². The van der Waals surface area contributed by atoms with Crippen LogP contribution in [0.1, 0.15) is 51.2 Å². The van der Waals surface area contributed by atoms with Gasteiger partial charge in [-0.25, -0.2) is 9.59 Å². The SMILES string of the molecule is CCCCC[C@H](C)NC[C@@H](O)c1cc(O)cc(O)c1.O=C(O)C=CC(=O)O. The molecule has 0 amide bonds. The highest BCUT2D eigenvalue weighted by atomic mass is 16.4. The molecule has 0 spiro atoms. The number of benzene rings is 1. The summed E-state index contributed by atoms with van der Waals surface area (Å²) >= 11 is 0. The summed E-state index contributed by atoms with van der Waals surface area (Å²) in [5, 5.41) is 47.6. The number of hydrogen-bond acceptors (Lipinski definition) is 6. The topological polar surface area (TPSA) is 147 Å². The van der Waals surface area contributed by atoms with Crippen LogP contribution in [0.15, 0.2) is 30.4 Å². The van der Waals surface area contributed by atoms with Gasteiger partial charge < -0.3 is 30.8 Å². The van der Waals surface area contributed by atoms with Crippen LogP contribution in [0.5, 0.6) is 11.5 Å². The number of phenolic OH excluding ortho intramolecular Hbond substituents is 2. The number of nitrogens with one attached hydrogen (secondary N) is 1. The zero-order valence-electron chi connectivity index (χ0n) is 15.6. The third-order valence-electron chi connectivity index (χ3n) is 3.58. The fourth-order valence-electron chi connectivity index (χ4n) is 2.19. The molecule has 27 heavy (non-hydrogen) atoms. The van der Waals surface area contributed by atoms with Crippen LogP contribution in [0.2, 0.25) is 0 Å². The van der Waals surface area contributed by atoms with Crippen molar-refractivity contribution >= 4 is 11.9 Å². The second kappa shape index (κ2) is 13.6. The molecule has 0 fully saturated rings. The smallest absolute Gasteiger partial charge is 0.328 e. The van der Waals surface area contributed by atoms with Crippen molar-refractivity contribution in [3.8, 4) is 11.5 Å². The van der Waals surface area contributed by atoms with E-state index >= 15 is 0 Å². The highest BCUT2D eigenvalue weighted by molar-refractivity contribution is 5.89. The van der Waals surface area contributed by atoms with E-state index in [9.17, 15) is 24.9 Å².